The Morgan fingerprint density at radius 2 is 2.13 bits per heavy atom. The summed E-state index contributed by atoms with van der Waals surface area (Å²) in [7, 11) is 0. The molecule has 1 unspecified atom stereocenters. The van der Waals surface area contributed by atoms with E-state index in [-0.39, 0.29) is 11.1 Å². The molecule has 0 amide bonds. The fourth-order valence-corrected chi connectivity index (χ4v) is 4.70. The number of fused-ring (bicyclic) bond motifs is 2. The largest absolute Gasteiger partial charge is 0.489 e. The fraction of sp³-hybridized carbons (Fsp3) is 0.167. The Kier molecular flexibility index (Phi) is 3.75. The summed E-state index contributed by atoms with van der Waals surface area (Å²) in [5.74, 6) is 1.11. The Labute approximate surface area is 143 Å². The zero-order valence-electron chi connectivity index (χ0n) is 12.4. The van der Waals surface area contributed by atoms with Gasteiger partial charge in [-0.1, -0.05) is 12.1 Å². The summed E-state index contributed by atoms with van der Waals surface area (Å²) < 4.78 is 7.25. The number of hydrogen-bond donors (Lipinski definition) is 2. The van der Waals surface area contributed by atoms with Crippen molar-refractivity contribution in [3.05, 3.63) is 59.0 Å². The molecule has 0 radical (unpaired) electrons. The molecular weight excluding hydrogens is 324 g/mol. The van der Waals surface area contributed by atoms with Gasteiger partial charge in [0.2, 0.25) is 0 Å². The van der Waals surface area contributed by atoms with Gasteiger partial charge in [-0.2, -0.15) is 0 Å². The van der Waals surface area contributed by atoms with E-state index in [9.17, 15) is 0 Å². The topological polar surface area (TPSA) is 59.1 Å². The molecule has 1 aromatic heterocycles. The van der Waals surface area contributed by atoms with Gasteiger partial charge in [-0.05, 0) is 58.6 Å². The Morgan fingerprint density at radius 1 is 1.22 bits per heavy atom. The van der Waals surface area contributed by atoms with Crippen molar-refractivity contribution in [2.45, 2.75) is 23.2 Å². The van der Waals surface area contributed by atoms with E-state index in [1.54, 1.807) is 23.1 Å². The molecule has 23 heavy (non-hydrogen) atoms. The summed E-state index contributed by atoms with van der Waals surface area (Å²) in [5.41, 5.74) is 8.04. The highest BCUT2D eigenvalue weighted by molar-refractivity contribution is 8.01. The molecule has 116 valence electrons. The summed E-state index contributed by atoms with van der Waals surface area (Å²) in [4.78, 5) is 1.18. The van der Waals surface area contributed by atoms with E-state index in [2.05, 4.69) is 41.8 Å². The smallest absolute Gasteiger partial charge is 0.120 e. The Balaban J connectivity index is 1.47. The first-order valence-electron chi connectivity index (χ1n) is 7.41. The number of hydrogen-bond acceptors (Lipinski definition) is 4. The van der Waals surface area contributed by atoms with Crippen LogP contribution in [0.25, 0.3) is 10.1 Å². The third-order valence-corrected chi connectivity index (χ3v) is 6.22. The highest BCUT2D eigenvalue weighted by atomic mass is 32.2. The first-order chi connectivity index (χ1) is 11.2. The van der Waals surface area contributed by atoms with Gasteiger partial charge < -0.3 is 10.5 Å². The molecule has 0 saturated heterocycles. The standard InChI is InChI=1S/C18H16N2OS2/c19-18(20)17-8-12-2-3-14(9-16(12)23-17)21-10-11-1-4-15-13(7-11)5-6-22-15/h1-7,9,17H,8,10H2,(H3,19,20). The van der Waals surface area contributed by atoms with Crippen molar-refractivity contribution in [3.63, 3.8) is 0 Å². The molecule has 0 saturated carbocycles. The van der Waals surface area contributed by atoms with Crippen LogP contribution >= 0.6 is 23.1 Å². The highest BCUT2D eigenvalue weighted by Gasteiger charge is 2.24. The molecule has 0 spiro atoms. The lowest BCUT2D eigenvalue weighted by molar-refractivity contribution is 0.305. The van der Waals surface area contributed by atoms with Gasteiger partial charge in [-0.3, -0.25) is 5.41 Å². The minimum Gasteiger partial charge on any atom is -0.489 e. The van der Waals surface area contributed by atoms with E-state index in [0.29, 0.717) is 6.61 Å². The first-order valence-corrected chi connectivity index (χ1v) is 9.17. The lowest BCUT2D eigenvalue weighted by Gasteiger charge is -2.08. The van der Waals surface area contributed by atoms with Crippen LogP contribution in [0.1, 0.15) is 11.1 Å². The van der Waals surface area contributed by atoms with E-state index >= 15 is 0 Å². The van der Waals surface area contributed by atoms with E-state index in [4.69, 9.17) is 15.9 Å². The summed E-state index contributed by atoms with van der Waals surface area (Å²) >= 11 is 3.41. The number of benzene rings is 2. The van der Waals surface area contributed by atoms with Crippen LogP contribution in [-0.2, 0) is 13.0 Å². The molecular formula is C18H16N2OS2. The third-order valence-electron chi connectivity index (χ3n) is 3.98. The maximum absolute atomic E-state index is 7.59. The van der Waals surface area contributed by atoms with Crippen LogP contribution in [0.3, 0.4) is 0 Å². The van der Waals surface area contributed by atoms with Crippen LogP contribution in [0.4, 0.5) is 0 Å². The lowest BCUT2D eigenvalue weighted by atomic mass is 10.1. The molecule has 1 aliphatic heterocycles. The molecule has 0 aliphatic carbocycles. The Morgan fingerprint density at radius 3 is 3.00 bits per heavy atom. The van der Waals surface area contributed by atoms with Gasteiger partial charge in [-0.15, -0.1) is 23.1 Å². The van der Waals surface area contributed by atoms with Crippen molar-refractivity contribution in [1.82, 2.24) is 0 Å². The Hall–Kier alpha value is -1.98. The fourth-order valence-electron chi connectivity index (χ4n) is 2.74. The summed E-state index contributed by atoms with van der Waals surface area (Å²) in [6, 6.07) is 14.7. The summed E-state index contributed by atoms with van der Waals surface area (Å²) in [6.07, 6.45) is 0.838. The van der Waals surface area contributed by atoms with Crippen molar-refractivity contribution in [1.29, 1.82) is 5.41 Å². The maximum atomic E-state index is 7.59. The zero-order chi connectivity index (χ0) is 15.8. The van der Waals surface area contributed by atoms with E-state index in [1.165, 1.54) is 26.1 Å². The number of rotatable bonds is 4. The average molecular weight is 340 g/mol. The minimum absolute atomic E-state index is 0.0706. The second kappa shape index (κ2) is 5.91. The third kappa shape index (κ3) is 2.94. The van der Waals surface area contributed by atoms with Gasteiger partial charge in [-0.25, -0.2) is 0 Å². The molecule has 0 bridgehead atoms. The van der Waals surface area contributed by atoms with Gasteiger partial charge in [0.15, 0.2) is 0 Å². The van der Waals surface area contributed by atoms with Crippen LogP contribution in [0.2, 0.25) is 0 Å². The number of ether oxygens (including phenoxy) is 1. The molecule has 1 atom stereocenters. The second-order valence-electron chi connectivity index (χ2n) is 5.62. The molecule has 1 aliphatic rings. The van der Waals surface area contributed by atoms with Crippen molar-refractivity contribution >= 4 is 39.0 Å². The number of thiophene rings is 1. The number of nitrogens with two attached hydrogens (primary N) is 1. The molecule has 2 aromatic carbocycles. The van der Waals surface area contributed by atoms with Crippen LogP contribution < -0.4 is 10.5 Å². The average Bonchev–Trinajstić information content (AvgIpc) is 3.18. The Bertz CT molecular complexity index is 888. The maximum Gasteiger partial charge on any atom is 0.120 e. The number of thioether (sulfide) groups is 1. The number of nitrogens with one attached hydrogen (secondary N) is 1. The molecule has 2 heterocycles. The minimum atomic E-state index is 0.0706. The quantitative estimate of drug-likeness (QED) is 0.545. The van der Waals surface area contributed by atoms with Gasteiger partial charge in [0.1, 0.15) is 18.2 Å². The predicted molar refractivity (Wildman–Crippen MR) is 97.9 cm³/mol. The van der Waals surface area contributed by atoms with Crippen LogP contribution in [-0.4, -0.2) is 11.1 Å². The second-order valence-corrected chi connectivity index (χ2v) is 7.81. The van der Waals surface area contributed by atoms with Crippen LogP contribution in [0.5, 0.6) is 5.75 Å². The molecule has 0 fully saturated rings. The van der Waals surface area contributed by atoms with Crippen molar-refractivity contribution in [3.8, 4) is 5.75 Å². The SMILES string of the molecule is N=C(N)C1Cc2ccc(OCc3ccc4sccc4c3)cc2S1. The number of amidine groups is 1. The van der Waals surface area contributed by atoms with Crippen molar-refractivity contribution < 1.29 is 4.74 Å². The van der Waals surface area contributed by atoms with Crippen molar-refractivity contribution in [2.24, 2.45) is 5.73 Å². The molecule has 3 N–H and O–H groups in total. The van der Waals surface area contributed by atoms with Crippen LogP contribution in [0.15, 0.2) is 52.7 Å². The monoisotopic (exact) mass is 340 g/mol. The zero-order valence-corrected chi connectivity index (χ0v) is 14.0. The molecule has 3 aromatic rings. The predicted octanol–water partition coefficient (Wildman–Crippen LogP) is 4.43. The van der Waals surface area contributed by atoms with Gasteiger partial charge >= 0.3 is 0 Å². The molecule has 4 rings (SSSR count). The molecule has 3 nitrogen and oxygen atoms in total. The van der Waals surface area contributed by atoms with Crippen LogP contribution in [0, 0.1) is 5.41 Å². The van der Waals surface area contributed by atoms with Crippen molar-refractivity contribution in [2.75, 3.05) is 0 Å². The molecule has 5 heteroatoms. The first kappa shape index (κ1) is 14.6. The van der Waals surface area contributed by atoms with E-state index in [1.807, 2.05) is 6.07 Å². The van der Waals surface area contributed by atoms with E-state index < -0.39 is 0 Å². The highest BCUT2D eigenvalue weighted by Crippen LogP contribution is 2.39. The van der Waals surface area contributed by atoms with Gasteiger partial charge in [0.05, 0.1) is 5.25 Å². The van der Waals surface area contributed by atoms with Gasteiger partial charge in [0.25, 0.3) is 0 Å². The summed E-state index contributed by atoms with van der Waals surface area (Å²) in [6.45, 7) is 0.561. The summed E-state index contributed by atoms with van der Waals surface area (Å²) in [5, 5.41) is 11.0. The lowest BCUT2D eigenvalue weighted by Crippen LogP contribution is -2.24. The normalized spacial score (nSPS) is 16.4. The van der Waals surface area contributed by atoms with Gasteiger partial charge in [0, 0.05) is 9.60 Å². The van der Waals surface area contributed by atoms with E-state index in [0.717, 1.165) is 12.2 Å².